The largest absolute Gasteiger partial charge is 0.487 e. The van der Waals surface area contributed by atoms with Gasteiger partial charge in [0.1, 0.15) is 6.10 Å². The van der Waals surface area contributed by atoms with Gasteiger partial charge in [-0.25, -0.2) is 4.39 Å². The maximum atomic E-state index is 13.6. The summed E-state index contributed by atoms with van der Waals surface area (Å²) in [6, 6.07) is 6.64. The molecule has 0 amide bonds. The number of ether oxygens (including phenoxy) is 1. The second kappa shape index (κ2) is 5.50. The highest BCUT2D eigenvalue weighted by Gasteiger charge is 2.29. The summed E-state index contributed by atoms with van der Waals surface area (Å²) >= 11 is 0. The first-order valence-electron chi connectivity index (χ1n) is 6.30. The molecule has 1 aliphatic heterocycles. The Morgan fingerprint density at radius 3 is 2.71 bits per heavy atom. The van der Waals surface area contributed by atoms with Crippen LogP contribution in [0.25, 0.3) is 0 Å². The Balaban J connectivity index is 2.10. The quantitative estimate of drug-likeness (QED) is 0.869. The summed E-state index contributed by atoms with van der Waals surface area (Å²) in [4.78, 5) is 0. The van der Waals surface area contributed by atoms with E-state index >= 15 is 0 Å². The van der Waals surface area contributed by atoms with E-state index in [1.807, 2.05) is 6.07 Å². The summed E-state index contributed by atoms with van der Waals surface area (Å²) in [5.41, 5.74) is 0. The first-order chi connectivity index (χ1) is 8.18. The molecule has 2 rings (SSSR count). The van der Waals surface area contributed by atoms with E-state index in [1.165, 1.54) is 6.07 Å². The Hall–Kier alpha value is -1.09. The van der Waals surface area contributed by atoms with Crippen molar-refractivity contribution in [3.63, 3.8) is 0 Å². The monoisotopic (exact) mass is 237 g/mol. The molecule has 2 nitrogen and oxygen atoms in total. The SMILES string of the molecule is CC(C)C(Oc1ccccc1F)C1CCNC1. The van der Waals surface area contributed by atoms with Gasteiger partial charge in [0.15, 0.2) is 11.6 Å². The van der Waals surface area contributed by atoms with E-state index in [4.69, 9.17) is 4.74 Å². The number of halogens is 1. The van der Waals surface area contributed by atoms with Crippen molar-refractivity contribution in [3.05, 3.63) is 30.1 Å². The van der Waals surface area contributed by atoms with E-state index in [1.54, 1.807) is 12.1 Å². The average Bonchev–Trinajstić information content (AvgIpc) is 2.81. The normalized spacial score (nSPS) is 21.8. The Morgan fingerprint density at radius 1 is 1.35 bits per heavy atom. The summed E-state index contributed by atoms with van der Waals surface area (Å²) in [6.45, 7) is 6.26. The number of para-hydroxylation sites is 1. The fraction of sp³-hybridized carbons (Fsp3) is 0.571. The van der Waals surface area contributed by atoms with E-state index < -0.39 is 0 Å². The second-order valence-corrected chi connectivity index (χ2v) is 5.01. The molecular formula is C14H20FNO. The summed E-state index contributed by atoms with van der Waals surface area (Å²) in [7, 11) is 0. The molecule has 3 heteroatoms. The molecule has 1 aromatic rings. The second-order valence-electron chi connectivity index (χ2n) is 5.01. The highest BCUT2D eigenvalue weighted by Crippen LogP contribution is 2.26. The molecule has 17 heavy (non-hydrogen) atoms. The fourth-order valence-corrected chi connectivity index (χ4v) is 2.42. The van der Waals surface area contributed by atoms with Crippen LogP contribution in [0.5, 0.6) is 5.75 Å². The molecule has 2 atom stereocenters. The van der Waals surface area contributed by atoms with Gasteiger partial charge in [-0.2, -0.15) is 0 Å². The molecule has 0 spiro atoms. The molecule has 0 bridgehead atoms. The van der Waals surface area contributed by atoms with Crippen LogP contribution in [0.4, 0.5) is 4.39 Å². The van der Waals surface area contributed by atoms with Crippen LogP contribution in [0.2, 0.25) is 0 Å². The first-order valence-corrected chi connectivity index (χ1v) is 6.30. The van der Waals surface area contributed by atoms with Gasteiger partial charge in [-0.05, 0) is 31.0 Å². The summed E-state index contributed by atoms with van der Waals surface area (Å²) < 4.78 is 19.4. The predicted octanol–water partition coefficient (Wildman–Crippen LogP) is 2.84. The van der Waals surface area contributed by atoms with Gasteiger partial charge in [-0.15, -0.1) is 0 Å². The van der Waals surface area contributed by atoms with Gasteiger partial charge in [0.2, 0.25) is 0 Å². The Labute approximate surface area is 102 Å². The van der Waals surface area contributed by atoms with Gasteiger partial charge in [0, 0.05) is 12.5 Å². The van der Waals surface area contributed by atoms with Crippen LogP contribution >= 0.6 is 0 Å². The summed E-state index contributed by atoms with van der Waals surface area (Å²) in [5.74, 6) is 0.969. The van der Waals surface area contributed by atoms with Crippen molar-refractivity contribution in [2.45, 2.75) is 26.4 Å². The van der Waals surface area contributed by atoms with Crippen molar-refractivity contribution in [2.75, 3.05) is 13.1 Å². The zero-order valence-electron chi connectivity index (χ0n) is 10.4. The maximum Gasteiger partial charge on any atom is 0.165 e. The lowest BCUT2D eigenvalue weighted by atomic mass is 9.92. The lowest BCUT2D eigenvalue weighted by Gasteiger charge is -2.27. The smallest absolute Gasteiger partial charge is 0.165 e. The molecule has 1 aliphatic rings. The molecule has 94 valence electrons. The van der Waals surface area contributed by atoms with E-state index in [0.29, 0.717) is 17.6 Å². The summed E-state index contributed by atoms with van der Waals surface area (Å²) in [6.07, 6.45) is 1.19. The Kier molecular flexibility index (Phi) is 4.00. The minimum atomic E-state index is -0.274. The van der Waals surface area contributed by atoms with Gasteiger partial charge in [0.05, 0.1) is 0 Å². The third-order valence-corrected chi connectivity index (χ3v) is 3.32. The van der Waals surface area contributed by atoms with Gasteiger partial charge in [-0.3, -0.25) is 0 Å². The van der Waals surface area contributed by atoms with Crippen molar-refractivity contribution < 1.29 is 9.13 Å². The maximum absolute atomic E-state index is 13.6. The van der Waals surface area contributed by atoms with Crippen LogP contribution < -0.4 is 10.1 Å². The number of hydrogen-bond donors (Lipinski definition) is 1. The molecular weight excluding hydrogens is 217 g/mol. The number of rotatable bonds is 4. The highest BCUT2D eigenvalue weighted by atomic mass is 19.1. The first kappa shape index (κ1) is 12.4. The Morgan fingerprint density at radius 2 is 2.12 bits per heavy atom. The topological polar surface area (TPSA) is 21.3 Å². The molecule has 0 aromatic heterocycles. The van der Waals surface area contributed by atoms with Gasteiger partial charge >= 0.3 is 0 Å². The van der Waals surface area contributed by atoms with Crippen LogP contribution in [0.15, 0.2) is 24.3 Å². The van der Waals surface area contributed by atoms with Crippen molar-refractivity contribution in [2.24, 2.45) is 11.8 Å². The van der Waals surface area contributed by atoms with E-state index in [2.05, 4.69) is 19.2 Å². The van der Waals surface area contributed by atoms with E-state index in [9.17, 15) is 4.39 Å². The lowest BCUT2D eigenvalue weighted by molar-refractivity contribution is 0.0927. The molecule has 1 heterocycles. The molecule has 1 fully saturated rings. The van der Waals surface area contributed by atoms with Crippen molar-refractivity contribution in [1.29, 1.82) is 0 Å². The van der Waals surface area contributed by atoms with Gasteiger partial charge in [-0.1, -0.05) is 26.0 Å². The number of nitrogens with one attached hydrogen (secondary N) is 1. The van der Waals surface area contributed by atoms with Crippen molar-refractivity contribution >= 4 is 0 Å². The molecule has 1 aromatic carbocycles. The average molecular weight is 237 g/mol. The van der Waals surface area contributed by atoms with Crippen LogP contribution in [0, 0.1) is 17.7 Å². The predicted molar refractivity (Wildman–Crippen MR) is 66.6 cm³/mol. The van der Waals surface area contributed by atoms with Crippen LogP contribution in [-0.4, -0.2) is 19.2 Å². The van der Waals surface area contributed by atoms with Crippen LogP contribution in [0.3, 0.4) is 0 Å². The third kappa shape index (κ3) is 2.97. The van der Waals surface area contributed by atoms with Crippen LogP contribution in [0.1, 0.15) is 20.3 Å². The molecule has 0 radical (unpaired) electrons. The zero-order chi connectivity index (χ0) is 12.3. The third-order valence-electron chi connectivity index (χ3n) is 3.32. The standard InChI is InChI=1S/C14H20FNO/c1-10(2)14(11-7-8-16-9-11)17-13-6-4-3-5-12(13)15/h3-6,10-11,14,16H,7-9H2,1-2H3. The van der Waals surface area contributed by atoms with Gasteiger partial charge in [0.25, 0.3) is 0 Å². The number of hydrogen-bond acceptors (Lipinski definition) is 2. The number of benzene rings is 1. The molecule has 1 saturated heterocycles. The molecule has 1 N–H and O–H groups in total. The molecule has 0 saturated carbocycles. The highest BCUT2D eigenvalue weighted by molar-refractivity contribution is 5.24. The van der Waals surface area contributed by atoms with Crippen LogP contribution in [-0.2, 0) is 0 Å². The van der Waals surface area contributed by atoms with Gasteiger partial charge < -0.3 is 10.1 Å². The lowest BCUT2D eigenvalue weighted by Crippen LogP contribution is -2.33. The van der Waals surface area contributed by atoms with Crippen molar-refractivity contribution in [1.82, 2.24) is 5.32 Å². The fourth-order valence-electron chi connectivity index (χ4n) is 2.42. The minimum absolute atomic E-state index is 0.0851. The molecule has 2 unspecified atom stereocenters. The minimum Gasteiger partial charge on any atom is -0.487 e. The zero-order valence-corrected chi connectivity index (χ0v) is 10.4. The van der Waals surface area contributed by atoms with E-state index in [0.717, 1.165) is 19.5 Å². The Bertz CT molecular complexity index is 361. The van der Waals surface area contributed by atoms with Crippen molar-refractivity contribution in [3.8, 4) is 5.75 Å². The molecule has 0 aliphatic carbocycles. The summed E-state index contributed by atoms with van der Waals surface area (Å²) in [5, 5.41) is 3.33. The van der Waals surface area contributed by atoms with E-state index in [-0.39, 0.29) is 11.9 Å².